The standard InChI is InChI=1S/C17H13N3OS/c1-21-14-6-4-12(5-7-14)13-9-18-17-15(10-19-20(17)11-13)16-3-2-8-22-16/h2-11H,1H3. The van der Waals surface area contributed by atoms with E-state index in [2.05, 4.69) is 21.5 Å². The van der Waals surface area contributed by atoms with Crippen molar-refractivity contribution in [1.29, 1.82) is 0 Å². The summed E-state index contributed by atoms with van der Waals surface area (Å²) in [5, 5.41) is 6.49. The van der Waals surface area contributed by atoms with Gasteiger partial charge in [0.1, 0.15) is 5.75 Å². The molecule has 0 amide bonds. The van der Waals surface area contributed by atoms with Crippen LogP contribution in [0.5, 0.6) is 5.75 Å². The molecule has 0 saturated heterocycles. The third kappa shape index (κ3) is 2.16. The second-order valence-corrected chi connectivity index (χ2v) is 5.82. The average Bonchev–Trinajstić information content (AvgIpc) is 3.23. The van der Waals surface area contributed by atoms with Crippen LogP contribution < -0.4 is 4.74 Å². The summed E-state index contributed by atoms with van der Waals surface area (Å²) in [5.74, 6) is 0.844. The highest BCUT2D eigenvalue weighted by molar-refractivity contribution is 7.13. The molecule has 0 radical (unpaired) electrons. The van der Waals surface area contributed by atoms with Crippen LogP contribution in [-0.4, -0.2) is 21.7 Å². The first-order chi connectivity index (χ1) is 10.8. The SMILES string of the molecule is COc1ccc(-c2cnc3c(-c4cccs4)cnn3c2)cc1. The fraction of sp³-hybridized carbons (Fsp3) is 0.0588. The molecule has 3 aromatic heterocycles. The lowest BCUT2D eigenvalue weighted by Crippen LogP contribution is -1.92. The molecule has 0 aliphatic rings. The Morgan fingerprint density at radius 1 is 1.05 bits per heavy atom. The number of fused-ring (bicyclic) bond motifs is 1. The predicted octanol–water partition coefficient (Wildman–Crippen LogP) is 4.13. The van der Waals surface area contributed by atoms with E-state index in [4.69, 9.17) is 4.74 Å². The van der Waals surface area contributed by atoms with Crippen LogP contribution in [0.1, 0.15) is 0 Å². The zero-order chi connectivity index (χ0) is 14.9. The molecule has 4 rings (SSSR count). The number of ether oxygens (including phenoxy) is 1. The Morgan fingerprint density at radius 2 is 1.91 bits per heavy atom. The first-order valence-electron chi connectivity index (χ1n) is 6.87. The molecule has 0 saturated carbocycles. The van der Waals surface area contributed by atoms with E-state index in [0.29, 0.717) is 0 Å². The quantitative estimate of drug-likeness (QED) is 0.571. The van der Waals surface area contributed by atoms with Crippen molar-refractivity contribution in [2.45, 2.75) is 0 Å². The molecule has 0 bridgehead atoms. The molecule has 3 heterocycles. The van der Waals surface area contributed by atoms with Crippen LogP contribution in [-0.2, 0) is 0 Å². The van der Waals surface area contributed by atoms with Gasteiger partial charge >= 0.3 is 0 Å². The first kappa shape index (κ1) is 13.0. The number of benzene rings is 1. The Morgan fingerprint density at radius 3 is 2.64 bits per heavy atom. The first-order valence-corrected chi connectivity index (χ1v) is 7.75. The predicted molar refractivity (Wildman–Crippen MR) is 88.3 cm³/mol. The fourth-order valence-electron chi connectivity index (χ4n) is 2.41. The van der Waals surface area contributed by atoms with Crippen LogP contribution in [0.15, 0.2) is 60.4 Å². The van der Waals surface area contributed by atoms with Crippen molar-refractivity contribution < 1.29 is 4.74 Å². The Hall–Kier alpha value is -2.66. The molecule has 22 heavy (non-hydrogen) atoms. The van der Waals surface area contributed by atoms with Crippen molar-refractivity contribution in [2.24, 2.45) is 0 Å². The maximum Gasteiger partial charge on any atom is 0.163 e. The molecule has 0 aliphatic carbocycles. The van der Waals surface area contributed by atoms with Gasteiger partial charge < -0.3 is 4.74 Å². The van der Waals surface area contributed by atoms with Gasteiger partial charge in [0.15, 0.2) is 5.65 Å². The largest absolute Gasteiger partial charge is 0.497 e. The molecule has 4 aromatic rings. The van der Waals surface area contributed by atoms with Crippen LogP contribution in [0.4, 0.5) is 0 Å². The molecule has 0 fully saturated rings. The summed E-state index contributed by atoms with van der Waals surface area (Å²) in [6.45, 7) is 0. The molecular formula is C17H13N3OS. The van der Waals surface area contributed by atoms with Gasteiger partial charge in [0.05, 0.1) is 18.9 Å². The fourth-order valence-corrected chi connectivity index (χ4v) is 3.14. The van der Waals surface area contributed by atoms with Gasteiger partial charge in [-0.2, -0.15) is 5.10 Å². The van der Waals surface area contributed by atoms with Gasteiger partial charge in [-0.25, -0.2) is 9.50 Å². The molecule has 0 spiro atoms. The normalized spacial score (nSPS) is 11.0. The third-order valence-corrected chi connectivity index (χ3v) is 4.47. The number of nitrogens with zero attached hydrogens (tertiary/aromatic N) is 3. The van der Waals surface area contributed by atoms with Crippen LogP contribution >= 0.6 is 11.3 Å². The minimum atomic E-state index is 0.844. The van der Waals surface area contributed by atoms with E-state index in [9.17, 15) is 0 Å². The second-order valence-electron chi connectivity index (χ2n) is 4.87. The van der Waals surface area contributed by atoms with Crippen molar-refractivity contribution in [3.63, 3.8) is 0 Å². The lowest BCUT2D eigenvalue weighted by molar-refractivity contribution is 0.415. The minimum Gasteiger partial charge on any atom is -0.497 e. The van der Waals surface area contributed by atoms with Gasteiger partial charge in [0.2, 0.25) is 0 Å². The lowest BCUT2D eigenvalue weighted by atomic mass is 10.1. The van der Waals surface area contributed by atoms with Crippen LogP contribution in [0.25, 0.3) is 27.2 Å². The van der Waals surface area contributed by atoms with E-state index in [0.717, 1.165) is 28.1 Å². The lowest BCUT2D eigenvalue weighted by Gasteiger charge is -2.04. The maximum absolute atomic E-state index is 5.19. The van der Waals surface area contributed by atoms with E-state index in [1.165, 1.54) is 4.88 Å². The number of hydrogen-bond acceptors (Lipinski definition) is 4. The van der Waals surface area contributed by atoms with Gasteiger partial charge in [0.25, 0.3) is 0 Å². The summed E-state index contributed by atoms with van der Waals surface area (Å²) in [5.41, 5.74) is 4.05. The summed E-state index contributed by atoms with van der Waals surface area (Å²) < 4.78 is 7.02. The zero-order valence-electron chi connectivity index (χ0n) is 11.9. The van der Waals surface area contributed by atoms with Gasteiger partial charge in [0, 0.05) is 22.8 Å². The Bertz CT molecular complexity index is 911. The van der Waals surface area contributed by atoms with E-state index in [1.54, 1.807) is 18.4 Å². The third-order valence-electron chi connectivity index (χ3n) is 3.57. The van der Waals surface area contributed by atoms with Crippen LogP contribution in [0.2, 0.25) is 0 Å². The van der Waals surface area contributed by atoms with Gasteiger partial charge in [-0.05, 0) is 29.1 Å². The molecule has 5 heteroatoms. The monoisotopic (exact) mass is 307 g/mol. The molecular weight excluding hydrogens is 294 g/mol. The van der Waals surface area contributed by atoms with E-state index in [-0.39, 0.29) is 0 Å². The molecule has 0 unspecified atom stereocenters. The van der Waals surface area contributed by atoms with Crippen LogP contribution in [0.3, 0.4) is 0 Å². The molecule has 0 N–H and O–H groups in total. The Labute approximate surface area is 131 Å². The van der Waals surface area contributed by atoms with E-state index in [1.807, 2.05) is 53.4 Å². The highest BCUT2D eigenvalue weighted by atomic mass is 32.1. The highest BCUT2D eigenvalue weighted by Crippen LogP contribution is 2.29. The van der Waals surface area contributed by atoms with Crippen molar-refractivity contribution in [3.05, 3.63) is 60.4 Å². The second kappa shape index (κ2) is 5.27. The summed E-state index contributed by atoms with van der Waals surface area (Å²) in [6.07, 6.45) is 5.75. The van der Waals surface area contributed by atoms with Gasteiger partial charge in [-0.15, -0.1) is 11.3 Å². The number of hydrogen-bond donors (Lipinski definition) is 0. The minimum absolute atomic E-state index is 0.844. The molecule has 1 aromatic carbocycles. The molecule has 108 valence electrons. The van der Waals surface area contributed by atoms with Crippen molar-refractivity contribution in [3.8, 4) is 27.3 Å². The molecule has 0 aliphatic heterocycles. The van der Waals surface area contributed by atoms with E-state index < -0.39 is 0 Å². The number of aromatic nitrogens is 3. The number of methoxy groups -OCH3 is 1. The summed E-state index contributed by atoms with van der Waals surface area (Å²) >= 11 is 1.69. The van der Waals surface area contributed by atoms with Crippen molar-refractivity contribution in [2.75, 3.05) is 7.11 Å². The Balaban J connectivity index is 1.78. The maximum atomic E-state index is 5.19. The average molecular weight is 307 g/mol. The topological polar surface area (TPSA) is 39.4 Å². The van der Waals surface area contributed by atoms with Crippen LogP contribution in [0, 0.1) is 0 Å². The zero-order valence-corrected chi connectivity index (χ0v) is 12.7. The number of thiophene rings is 1. The smallest absolute Gasteiger partial charge is 0.163 e. The summed E-state index contributed by atoms with van der Waals surface area (Å²) in [4.78, 5) is 5.77. The Kier molecular flexibility index (Phi) is 3.12. The summed E-state index contributed by atoms with van der Waals surface area (Å²) in [7, 11) is 1.67. The summed E-state index contributed by atoms with van der Waals surface area (Å²) in [6, 6.07) is 12.0. The van der Waals surface area contributed by atoms with Gasteiger partial charge in [-0.3, -0.25) is 0 Å². The highest BCUT2D eigenvalue weighted by Gasteiger charge is 2.10. The van der Waals surface area contributed by atoms with Gasteiger partial charge in [-0.1, -0.05) is 18.2 Å². The molecule has 0 atom stereocenters. The van der Waals surface area contributed by atoms with E-state index >= 15 is 0 Å². The molecule has 4 nitrogen and oxygen atoms in total. The van der Waals surface area contributed by atoms with Crippen molar-refractivity contribution >= 4 is 17.0 Å². The number of rotatable bonds is 3. The van der Waals surface area contributed by atoms with Crippen molar-refractivity contribution in [1.82, 2.24) is 14.6 Å².